The predicted molar refractivity (Wildman–Crippen MR) is 69.1 cm³/mol. The Bertz CT molecular complexity index is 236. The van der Waals surface area contributed by atoms with Gasteiger partial charge in [0.05, 0.1) is 17.6 Å². The van der Waals surface area contributed by atoms with Gasteiger partial charge in [-0.1, -0.05) is 33.1 Å². The normalized spacial score (nSPS) is 17.9. The van der Waals surface area contributed by atoms with Crippen LogP contribution < -0.4 is 5.73 Å². The van der Waals surface area contributed by atoms with Gasteiger partial charge in [0.2, 0.25) is 0 Å². The van der Waals surface area contributed by atoms with Crippen molar-refractivity contribution < 1.29 is 0 Å². The number of nitrogens with zero attached hydrogens (tertiary/aromatic N) is 2. The van der Waals surface area contributed by atoms with Crippen molar-refractivity contribution in [2.75, 3.05) is 6.54 Å². The third-order valence-electron chi connectivity index (χ3n) is 3.80. The molecule has 3 nitrogen and oxygen atoms in total. The van der Waals surface area contributed by atoms with Crippen molar-refractivity contribution in [1.29, 1.82) is 0 Å². The van der Waals surface area contributed by atoms with Gasteiger partial charge in [-0.3, -0.25) is 0 Å². The highest BCUT2D eigenvalue weighted by Gasteiger charge is 2.22. The molecule has 0 aliphatic heterocycles. The first kappa shape index (κ1) is 13.4. The van der Waals surface area contributed by atoms with Crippen molar-refractivity contribution in [3.8, 4) is 0 Å². The highest BCUT2D eigenvalue weighted by Crippen LogP contribution is 2.20. The molecule has 2 N–H and O–H groups in total. The van der Waals surface area contributed by atoms with Crippen molar-refractivity contribution in [1.82, 2.24) is 0 Å². The zero-order valence-corrected chi connectivity index (χ0v) is 10.7. The van der Waals surface area contributed by atoms with Crippen molar-refractivity contribution in [3.63, 3.8) is 0 Å². The molecule has 16 heavy (non-hydrogen) atoms. The highest BCUT2D eigenvalue weighted by molar-refractivity contribution is 5.43. The second-order valence-electron chi connectivity index (χ2n) is 4.77. The Morgan fingerprint density at radius 2 is 1.81 bits per heavy atom. The monoisotopic (exact) mass is 223 g/mol. The lowest BCUT2D eigenvalue weighted by Gasteiger charge is -2.23. The zero-order chi connectivity index (χ0) is 11.9. The standard InChI is InChI=1S/C13H25N3/c1-3-13(4-2,10-14)16-11-15-12-8-6-5-7-9-12/h12H,3-10,14H2,1-2H3. The summed E-state index contributed by atoms with van der Waals surface area (Å²) in [7, 11) is 0. The van der Waals surface area contributed by atoms with Crippen LogP contribution in [0.15, 0.2) is 9.98 Å². The van der Waals surface area contributed by atoms with E-state index in [1.165, 1.54) is 32.1 Å². The van der Waals surface area contributed by atoms with E-state index in [0.29, 0.717) is 12.6 Å². The Hall–Kier alpha value is -0.660. The minimum Gasteiger partial charge on any atom is -0.328 e. The van der Waals surface area contributed by atoms with Gasteiger partial charge in [-0.15, -0.1) is 0 Å². The molecular formula is C13H25N3. The topological polar surface area (TPSA) is 50.7 Å². The Balaban J connectivity index is 2.58. The smallest absolute Gasteiger partial charge is 0.0901 e. The Morgan fingerprint density at radius 1 is 1.19 bits per heavy atom. The number of nitrogens with two attached hydrogens (primary N) is 1. The number of hydrogen-bond donors (Lipinski definition) is 1. The van der Waals surface area contributed by atoms with E-state index >= 15 is 0 Å². The molecule has 3 heteroatoms. The molecule has 1 saturated carbocycles. The molecule has 0 heterocycles. The predicted octanol–water partition coefficient (Wildman–Crippen LogP) is 3.01. The summed E-state index contributed by atoms with van der Waals surface area (Å²) in [6.07, 6.45) is 8.31. The molecule has 0 atom stereocenters. The first-order chi connectivity index (χ1) is 7.76. The lowest BCUT2D eigenvalue weighted by Crippen LogP contribution is -2.34. The van der Waals surface area contributed by atoms with Crippen LogP contribution in [-0.4, -0.2) is 24.1 Å². The van der Waals surface area contributed by atoms with Crippen molar-refractivity contribution in [3.05, 3.63) is 0 Å². The van der Waals surface area contributed by atoms with Gasteiger partial charge in [0.15, 0.2) is 0 Å². The van der Waals surface area contributed by atoms with E-state index in [-0.39, 0.29) is 5.54 Å². The lowest BCUT2D eigenvalue weighted by atomic mass is 9.94. The van der Waals surface area contributed by atoms with Gasteiger partial charge in [0.25, 0.3) is 0 Å². The summed E-state index contributed by atoms with van der Waals surface area (Å²) < 4.78 is 0. The van der Waals surface area contributed by atoms with Crippen LogP contribution in [0.4, 0.5) is 0 Å². The van der Waals surface area contributed by atoms with E-state index in [1.54, 1.807) is 0 Å². The van der Waals surface area contributed by atoms with Crippen molar-refractivity contribution in [2.45, 2.75) is 70.4 Å². The average molecular weight is 223 g/mol. The lowest BCUT2D eigenvalue weighted by molar-refractivity contribution is 0.410. The van der Waals surface area contributed by atoms with Crippen LogP contribution in [0.5, 0.6) is 0 Å². The molecule has 0 saturated heterocycles. The van der Waals surface area contributed by atoms with Gasteiger partial charge in [-0.25, -0.2) is 9.98 Å². The minimum absolute atomic E-state index is 0.127. The van der Waals surface area contributed by atoms with E-state index in [2.05, 4.69) is 29.8 Å². The van der Waals surface area contributed by atoms with E-state index in [0.717, 1.165) is 12.8 Å². The van der Waals surface area contributed by atoms with E-state index in [4.69, 9.17) is 5.73 Å². The van der Waals surface area contributed by atoms with Crippen LogP contribution in [0, 0.1) is 0 Å². The summed E-state index contributed by atoms with van der Waals surface area (Å²) in [6.45, 7) is 4.84. The van der Waals surface area contributed by atoms with E-state index < -0.39 is 0 Å². The first-order valence-corrected chi connectivity index (χ1v) is 6.63. The average Bonchev–Trinajstić information content (AvgIpc) is 2.37. The summed E-state index contributed by atoms with van der Waals surface area (Å²) in [5, 5.41) is 0. The maximum Gasteiger partial charge on any atom is 0.0901 e. The van der Waals surface area contributed by atoms with Crippen molar-refractivity contribution in [2.24, 2.45) is 15.7 Å². The molecular weight excluding hydrogens is 198 g/mol. The Kier molecular flexibility index (Phi) is 5.72. The summed E-state index contributed by atoms with van der Waals surface area (Å²) in [4.78, 5) is 8.90. The first-order valence-electron chi connectivity index (χ1n) is 6.63. The number of aliphatic imine (C=N–C) groups is 2. The maximum atomic E-state index is 5.77. The Labute approximate surface area is 99.2 Å². The number of hydrogen-bond acceptors (Lipinski definition) is 3. The van der Waals surface area contributed by atoms with Gasteiger partial charge in [0, 0.05) is 6.54 Å². The summed E-state index contributed by atoms with van der Waals surface area (Å²) in [5.41, 5.74) is 5.65. The SMILES string of the molecule is CCC(CC)(CN)N=C=NC1CCCCC1. The quantitative estimate of drug-likeness (QED) is 0.716. The summed E-state index contributed by atoms with van der Waals surface area (Å²) in [5.74, 6) is 0. The highest BCUT2D eigenvalue weighted by atomic mass is 14.9. The van der Waals surface area contributed by atoms with Gasteiger partial charge in [0.1, 0.15) is 0 Å². The fourth-order valence-electron chi connectivity index (χ4n) is 2.17. The zero-order valence-electron chi connectivity index (χ0n) is 10.7. The minimum atomic E-state index is -0.127. The molecule has 1 fully saturated rings. The Morgan fingerprint density at radius 3 is 2.31 bits per heavy atom. The van der Waals surface area contributed by atoms with Gasteiger partial charge in [-0.2, -0.15) is 0 Å². The van der Waals surface area contributed by atoms with Crippen molar-refractivity contribution >= 4 is 6.01 Å². The molecule has 1 aliphatic carbocycles. The summed E-state index contributed by atoms with van der Waals surface area (Å²) in [6, 6.07) is 3.38. The molecule has 0 unspecified atom stereocenters. The van der Waals surface area contributed by atoms with Crippen LogP contribution in [0.1, 0.15) is 58.8 Å². The third kappa shape index (κ3) is 3.73. The number of rotatable bonds is 5. The molecule has 0 aromatic carbocycles. The molecule has 0 aromatic rings. The van der Waals surface area contributed by atoms with Crippen LogP contribution in [0.2, 0.25) is 0 Å². The molecule has 92 valence electrons. The van der Waals surface area contributed by atoms with Crippen LogP contribution >= 0.6 is 0 Å². The van der Waals surface area contributed by atoms with Crippen LogP contribution in [0.25, 0.3) is 0 Å². The second-order valence-corrected chi connectivity index (χ2v) is 4.77. The summed E-state index contributed by atoms with van der Waals surface area (Å²) >= 11 is 0. The van der Waals surface area contributed by atoms with Gasteiger partial charge in [-0.05, 0) is 25.7 Å². The molecule has 1 rings (SSSR count). The van der Waals surface area contributed by atoms with E-state index in [9.17, 15) is 0 Å². The largest absolute Gasteiger partial charge is 0.328 e. The molecule has 0 aromatic heterocycles. The van der Waals surface area contributed by atoms with E-state index in [1.807, 2.05) is 0 Å². The second kappa shape index (κ2) is 6.82. The molecule has 0 amide bonds. The molecule has 0 bridgehead atoms. The van der Waals surface area contributed by atoms with Crippen LogP contribution in [0.3, 0.4) is 0 Å². The molecule has 0 radical (unpaired) electrons. The maximum absolute atomic E-state index is 5.77. The van der Waals surface area contributed by atoms with Gasteiger partial charge >= 0.3 is 0 Å². The fourth-order valence-corrected chi connectivity index (χ4v) is 2.17. The fraction of sp³-hybridized carbons (Fsp3) is 0.923. The molecule has 0 spiro atoms. The van der Waals surface area contributed by atoms with Crippen LogP contribution in [-0.2, 0) is 0 Å². The third-order valence-corrected chi connectivity index (χ3v) is 3.80. The van der Waals surface area contributed by atoms with Gasteiger partial charge < -0.3 is 5.73 Å². The molecule has 1 aliphatic rings.